The lowest BCUT2D eigenvalue weighted by Gasteiger charge is -2.39. The molecule has 1 aromatic carbocycles. The molecule has 3 aliphatic rings. The first kappa shape index (κ1) is 34.9. The molecule has 0 atom stereocenters. The van der Waals surface area contributed by atoms with Crippen molar-refractivity contribution in [2.45, 2.75) is 115 Å². The van der Waals surface area contributed by atoms with Gasteiger partial charge in [0.15, 0.2) is 0 Å². The Morgan fingerprint density at radius 3 is 2.54 bits per heavy atom. The highest BCUT2D eigenvalue weighted by Crippen LogP contribution is 2.46. The Labute approximate surface area is 295 Å². The van der Waals surface area contributed by atoms with Crippen LogP contribution in [0.3, 0.4) is 0 Å². The van der Waals surface area contributed by atoms with Gasteiger partial charge in [-0.1, -0.05) is 73.9 Å². The van der Waals surface area contributed by atoms with Gasteiger partial charge in [-0.05, 0) is 95.0 Å². The number of ether oxygens (including phenoxy) is 1. The number of hydrogen-bond acceptors (Lipinski definition) is 7. The fourth-order valence-corrected chi connectivity index (χ4v) is 8.34. The predicted octanol–water partition coefficient (Wildman–Crippen LogP) is 9.38. The monoisotopic (exact) mass is 692 g/mol. The number of nitrogens with zero attached hydrogens (tertiary/aromatic N) is 4. The summed E-state index contributed by atoms with van der Waals surface area (Å²) in [4.78, 5) is 27.4. The quantitative estimate of drug-likeness (QED) is 0.111. The summed E-state index contributed by atoms with van der Waals surface area (Å²) in [5, 5.41) is 8.23. The van der Waals surface area contributed by atoms with Crippen molar-refractivity contribution >= 4 is 35.1 Å². The molecular weight excluding hydrogens is 643 g/mol. The summed E-state index contributed by atoms with van der Waals surface area (Å²) in [7, 11) is 0. The lowest BCUT2D eigenvalue weighted by atomic mass is 9.71. The highest BCUT2D eigenvalue weighted by Gasteiger charge is 2.36. The summed E-state index contributed by atoms with van der Waals surface area (Å²) < 4.78 is 8.05. The van der Waals surface area contributed by atoms with E-state index in [1.165, 1.54) is 44.6 Å². The number of rotatable bonds is 12. The van der Waals surface area contributed by atoms with Crippen molar-refractivity contribution < 1.29 is 9.53 Å². The van der Waals surface area contributed by atoms with Crippen molar-refractivity contribution in [3.05, 3.63) is 58.5 Å². The second kappa shape index (κ2) is 16.6. The van der Waals surface area contributed by atoms with Gasteiger partial charge in [0.2, 0.25) is 5.95 Å². The van der Waals surface area contributed by atoms with Crippen LogP contribution >= 0.6 is 23.2 Å². The number of hydrogen-bond donors (Lipinski definition) is 2. The van der Waals surface area contributed by atoms with Gasteiger partial charge in [0.05, 0.1) is 33.7 Å². The number of esters is 1. The zero-order chi connectivity index (χ0) is 33.3. The third-order valence-electron chi connectivity index (χ3n) is 10.5. The van der Waals surface area contributed by atoms with Crippen molar-refractivity contribution in [2.75, 3.05) is 25.0 Å². The number of allylic oxidation sites excluding steroid dienone is 1. The number of piperidine rings is 1. The van der Waals surface area contributed by atoms with Crippen LogP contribution in [0.5, 0.6) is 0 Å². The molecule has 1 saturated heterocycles. The highest BCUT2D eigenvalue weighted by atomic mass is 35.5. The van der Waals surface area contributed by atoms with Crippen LogP contribution in [0.4, 0.5) is 5.95 Å². The highest BCUT2D eigenvalue weighted by molar-refractivity contribution is 6.42. The predicted molar refractivity (Wildman–Crippen MR) is 195 cm³/mol. The summed E-state index contributed by atoms with van der Waals surface area (Å²) >= 11 is 13.0. The number of carbonyl (C=O) groups is 1. The molecule has 1 aliphatic heterocycles. The van der Waals surface area contributed by atoms with Crippen molar-refractivity contribution in [1.29, 1.82) is 0 Å². The second-order valence-corrected chi connectivity index (χ2v) is 14.8. The van der Waals surface area contributed by atoms with E-state index in [-0.39, 0.29) is 11.4 Å². The van der Waals surface area contributed by atoms with Gasteiger partial charge in [0.25, 0.3) is 0 Å². The third kappa shape index (κ3) is 8.61. The molecule has 8 nitrogen and oxygen atoms in total. The minimum absolute atomic E-state index is 0.0630. The average Bonchev–Trinajstić information content (AvgIpc) is 3.48. The normalized spacial score (nSPS) is 19.1. The smallest absolute Gasteiger partial charge is 0.330 e. The van der Waals surface area contributed by atoms with Crippen LogP contribution in [0.25, 0.3) is 22.6 Å². The first-order chi connectivity index (χ1) is 23.4. The molecule has 10 heteroatoms. The Morgan fingerprint density at radius 2 is 1.79 bits per heavy atom. The van der Waals surface area contributed by atoms with Gasteiger partial charge in [-0.3, -0.25) is 0 Å². The van der Waals surface area contributed by atoms with Crippen molar-refractivity contribution in [3.63, 3.8) is 0 Å². The summed E-state index contributed by atoms with van der Waals surface area (Å²) in [5.41, 5.74) is 3.76. The topological polar surface area (TPSA) is 94.0 Å². The SMILES string of the molecule is CC=CC(=O)OCCCC1(Cn2c(C3CCNCC3)nc(-c3ccc(Cl)c(Cl)c3)c2-c2ccnc(NC3CCCCC3)n2)CCCCC1. The molecule has 48 heavy (non-hydrogen) atoms. The molecule has 0 radical (unpaired) electrons. The number of benzene rings is 1. The fraction of sp³-hybridized carbons (Fsp3) is 0.579. The molecule has 0 amide bonds. The molecule has 2 saturated carbocycles. The van der Waals surface area contributed by atoms with Crippen LogP contribution in [-0.2, 0) is 16.1 Å². The molecule has 258 valence electrons. The van der Waals surface area contributed by atoms with E-state index in [2.05, 4.69) is 20.2 Å². The lowest BCUT2D eigenvalue weighted by molar-refractivity contribution is -0.138. The molecule has 0 spiro atoms. The van der Waals surface area contributed by atoms with Crippen LogP contribution in [-0.4, -0.2) is 51.2 Å². The van der Waals surface area contributed by atoms with Crippen molar-refractivity contribution in [2.24, 2.45) is 5.41 Å². The minimum Gasteiger partial charge on any atom is -0.463 e. The Morgan fingerprint density at radius 1 is 1.02 bits per heavy atom. The first-order valence-corrected chi connectivity index (χ1v) is 18.9. The first-order valence-electron chi connectivity index (χ1n) is 18.1. The minimum atomic E-state index is -0.270. The van der Waals surface area contributed by atoms with Gasteiger partial charge in [-0.25, -0.2) is 19.7 Å². The van der Waals surface area contributed by atoms with Gasteiger partial charge in [-0.15, -0.1) is 0 Å². The number of anilines is 1. The standard InChI is InChI=1S/C38H50Cl2N6O2/c1-2-10-33(47)48-24-9-20-38(18-7-4-8-19-38)26-46-35(32-17-23-42-37(44-32)43-29-11-5-3-6-12-29)34(28-13-14-30(39)31(40)25-28)45-36(46)27-15-21-41-22-16-27/h2,10,13-14,17,23,25,27,29,41H,3-9,11-12,15-16,18-22,24,26H2,1H3,(H,42,43,44). The van der Waals surface area contributed by atoms with E-state index in [9.17, 15) is 4.79 Å². The van der Waals surface area contributed by atoms with Crippen LogP contribution in [0.1, 0.15) is 109 Å². The summed E-state index contributed by atoms with van der Waals surface area (Å²) in [6, 6.07) is 8.24. The Balaban J connectivity index is 1.44. The molecular formula is C38H50Cl2N6O2. The molecule has 0 unspecified atom stereocenters. The lowest BCUT2D eigenvalue weighted by Crippen LogP contribution is -2.33. The maximum absolute atomic E-state index is 12.1. The molecule has 6 rings (SSSR count). The van der Waals surface area contributed by atoms with E-state index >= 15 is 0 Å². The van der Waals surface area contributed by atoms with E-state index in [1.54, 1.807) is 6.08 Å². The van der Waals surface area contributed by atoms with Gasteiger partial charge >= 0.3 is 5.97 Å². The number of carbonyl (C=O) groups excluding carboxylic acids is 1. The van der Waals surface area contributed by atoms with Crippen LogP contribution in [0, 0.1) is 5.41 Å². The maximum atomic E-state index is 12.1. The second-order valence-electron chi connectivity index (χ2n) is 14.0. The molecule has 3 heterocycles. The number of halogens is 2. The molecule has 0 bridgehead atoms. The number of imidazole rings is 1. The fourth-order valence-electron chi connectivity index (χ4n) is 8.04. The molecule has 3 aromatic rings. The zero-order valence-corrected chi connectivity index (χ0v) is 29.8. The largest absolute Gasteiger partial charge is 0.463 e. The van der Waals surface area contributed by atoms with Crippen LogP contribution in [0.15, 0.2) is 42.6 Å². The summed E-state index contributed by atoms with van der Waals surface area (Å²) in [5.74, 6) is 1.85. The summed E-state index contributed by atoms with van der Waals surface area (Å²) in [6.45, 7) is 5.05. The van der Waals surface area contributed by atoms with E-state index in [4.69, 9.17) is 37.9 Å². The molecule has 2 aromatic heterocycles. The maximum Gasteiger partial charge on any atom is 0.330 e. The number of aromatic nitrogens is 4. The molecule has 3 fully saturated rings. The van der Waals surface area contributed by atoms with Gasteiger partial charge in [0, 0.05) is 36.3 Å². The van der Waals surface area contributed by atoms with Crippen molar-refractivity contribution in [3.8, 4) is 22.6 Å². The average molecular weight is 694 g/mol. The third-order valence-corrected chi connectivity index (χ3v) is 11.3. The van der Waals surface area contributed by atoms with Gasteiger partial charge in [-0.2, -0.15) is 0 Å². The Hall–Kier alpha value is -2.94. The van der Waals surface area contributed by atoms with Crippen LogP contribution < -0.4 is 10.6 Å². The van der Waals surface area contributed by atoms with Gasteiger partial charge in [0.1, 0.15) is 5.82 Å². The van der Waals surface area contributed by atoms with Gasteiger partial charge < -0.3 is 19.9 Å². The molecule has 2 N–H and O–H groups in total. The van der Waals surface area contributed by atoms with E-state index < -0.39 is 0 Å². The molecule has 2 aliphatic carbocycles. The van der Waals surface area contributed by atoms with Crippen LogP contribution in [0.2, 0.25) is 10.0 Å². The van der Waals surface area contributed by atoms with Crippen molar-refractivity contribution in [1.82, 2.24) is 24.8 Å². The Bertz CT molecular complexity index is 1550. The Kier molecular flexibility index (Phi) is 12.1. The van der Waals surface area contributed by atoms with E-state index in [1.807, 2.05) is 37.4 Å². The van der Waals surface area contributed by atoms with E-state index in [0.717, 1.165) is 99.5 Å². The summed E-state index contributed by atoms with van der Waals surface area (Å²) in [6.07, 6.45) is 21.0. The zero-order valence-electron chi connectivity index (χ0n) is 28.3. The van der Waals surface area contributed by atoms with E-state index in [0.29, 0.717) is 34.6 Å². The number of nitrogens with one attached hydrogen (secondary N) is 2.